The average Bonchev–Trinajstić information content (AvgIpc) is 2.28. The van der Waals surface area contributed by atoms with Crippen molar-refractivity contribution in [2.75, 3.05) is 13.7 Å². The average molecular weight is 239 g/mol. The first-order valence-corrected chi connectivity index (χ1v) is 5.58. The van der Waals surface area contributed by atoms with Crippen molar-refractivity contribution in [3.05, 3.63) is 29.8 Å². The minimum absolute atomic E-state index is 0.236. The highest BCUT2D eigenvalue weighted by molar-refractivity contribution is 7.80. The maximum absolute atomic E-state index is 5.54. The van der Waals surface area contributed by atoms with Gasteiger partial charge in [-0.1, -0.05) is 24.4 Å². The van der Waals surface area contributed by atoms with E-state index < -0.39 is 0 Å². The zero-order valence-corrected chi connectivity index (χ0v) is 10.4. The first-order valence-electron chi connectivity index (χ1n) is 5.17. The predicted molar refractivity (Wildman–Crippen MR) is 68.9 cm³/mol. The van der Waals surface area contributed by atoms with Crippen LogP contribution in [0.5, 0.6) is 5.75 Å². The number of ether oxygens (including phenoxy) is 2. The van der Waals surface area contributed by atoms with Gasteiger partial charge >= 0.3 is 0 Å². The van der Waals surface area contributed by atoms with Gasteiger partial charge < -0.3 is 15.2 Å². The molecule has 0 spiro atoms. The summed E-state index contributed by atoms with van der Waals surface area (Å²) < 4.78 is 10.5. The molecule has 1 aromatic carbocycles. The Morgan fingerprint density at radius 2 is 2.00 bits per heavy atom. The van der Waals surface area contributed by atoms with E-state index in [9.17, 15) is 0 Å². The number of methoxy groups -OCH3 is 1. The second-order valence-corrected chi connectivity index (χ2v) is 4.02. The third-order valence-electron chi connectivity index (χ3n) is 2.23. The Morgan fingerprint density at radius 3 is 2.50 bits per heavy atom. The molecule has 0 radical (unpaired) electrons. The quantitative estimate of drug-likeness (QED) is 0.770. The largest absolute Gasteiger partial charge is 0.484 e. The van der Waals surface area contributed by atoms with E-state index in [0.717, 1.165) is 18.8 Å². The predicted octanol–water partition coefficient (Wildman–Crippen LogP) is 1.93. The van der Waals surface area contributed by atoms with Crippen LogP contribution in [0.3, 0.4) is 0 Å². The van der Waals surface area contributed by atoms with Crippen molar-refractivity contribution < 1.29 is 9.47 Å². The molecule has 0 aliphatic carbocycles. The number of nitrogens with two attached hydrogens (primary N) is 1. The van der Waals surface area contributed by atoms with Crippen molar-refractivity contribution >= 4 is 17.2 Å². The summed E-state index contributed by atoms with van der Waals surface area (Å²) in [4.78, 5) is 0.364. The summed E-state index contributed by atoms with van der Waals surface area (Å²) in [5.41, 5.74) is 6.69. The molecule has 1 unspecified atom stereocenters. The van der Waals surface area contributed by atoms with Crippen LogP contribution in [0.4, 0.5) is 0 Å². The van der Waals surface area contributed by atoms with Crippen LogP contribution in [0.2, 0.25) is 0 Å². The topological polar surface area (TPSA) is 44.5 Å². The molecule has 16 heavy (non-hydrogen) atoms. The van der Waals surface area contributed by atoms with Crippen LogP contribution in [0.1, 0.15) is 12.5 Å². The summed E-state index contributed by atoms with van der Waals surface area (Å²) >= 11 is 4.84. The first kappa shape index (κ1) is 12.9. The van der Waals surface area contributed by atoms with E-state index in [2.05, 4.69) is 0 Å². The molecule has 0 amide bonds. The number of hydrogen-bond donors (Lipinski definition) is 1. The molecule has 2 N–H and O–H groups in total. The normalized spacial score (nSPS) is 12.1. The molecule has 0 aromatic heterocycles. The lowest BCUT2D eigenvalue weighted by Gasteiger charge is -2.13. The van der Waals surface area contributed by atoms with Crippen molar-refractivity contribution in [1.82, 2.24) is 0 Å². The van der Waals surface area contributed by atoms with E-state index in [0.29, 0.717) is 4.99 Å². The number of thiocarbonyl (C=S) groups is 1. The minimum Gasteiger partial charge on any atom is -0.484 e. The van der Waals surface area contributed by atoms with E-state index >= 15 is 0 Å². The molecule has 0 bridgehead atoms. The molecular weight excluding hydrogens is 222 g/mol. The maximum atomic E-state index is 5.54. The Bertz CT molecular complexity index is 337. The highest BCUT2D eigenvalue weighted by atomic mass is 32.1. The fraction of sp³-hybridized carbons (Fsp3) is 0.417. The summed E-state index contributed by atoms with van der Waals surface area (Å²) in [6.07, 6.45) is 0.668. The SMILES string of the molecule is COCCc1ccc(OC(C)C(N)=S)cc1. The molecule has 1 rings (SSSR count). The van der Waals surface area contributed by atoms with Crippen LogP contribution in [-0.4, -0.2) is 24.8 Å². The lowest BCUT2D eigenvalue weighted by atomic mass is 10.1. The van der Waals surface area contributed by atoms with E-state index in [4.69, 9.17) is 27.4 Å². The van der Waals surface area contributed by atoms with Gasteiger partial charge in [0.1, 0.15) is 16.8 Å². The van der Waals surface area contributed by atoms with Crippen molar-refractivity contribution in [2.45, 2.75) is 19.4 Å². The molecular formula is C12H17NO2S. The van der Waals surface area contributed by atoms with Crippen LogP contribution in [0, 0.1) is 0 Å². The highest BCUT2D eigenvalue weighted by Gasteiger charge is 2.06. The number of benzene rings is 1. The van der Waals surface area contributed by atoms with Crippen LogP contribution in [0.15, 0.2) is 24.3 Å². The van der Waals surface area contributed by atoms with Crippen LogP contribution < -0.4 is 10.5 Å². The fourth-order valence-electron chi connectivity index (χ4n) is 1.22. The van der Waals surface area contributed by atoms with Gasteiger partial charge in [-0.05, 0) is 31.0 Å². The number of rotatable bonds is 6. The summed E-state index contributed by atoms with van der Waals surface area (Å²) in [6, 6.07) is 7.86. The maximum Gasteiger partial charge on any atom is 0.145 e. The smallest absolute Gasteiger partial charge is 0.145 e. The molecule has 1 aromatic rings. The Balaban J connectivity index is 2.54. The molecule has 0 fully saturated rings. The van der Waals surface area contributed by atoms with Gasteiger partial charge in [-0.2, -0.15) is 0 Å². The summed E-state index contributed by atoms with van der Waals surface area (Å²) in [5, 5.41) is 0. The van der Waals surface area contributed by atoms with Crippen LogP contribution >= 0.6 is 12.2 Å². The molecule has 0 aliphatic heterocycles. The second kappa shape index (κ2) is 6.45. The standard InChI is InChI=1S/C12H17NO2S/c1-9(12(13)16)15-11-5-3-10(4-6-11)7-8-14-2/h3-6,9H,7-8H2,1-2H3,(H2,13,16). The monoisotopic (exact) mass is 239 g/mol. The van der Waals surface area contributed by atoms with Crippen molar-refractivity contribution in [3.8, 4) is 5.75 Å². The Morgan fingerprint density at radius 1 is 1.38 bits per heavy atom. The summed E-state index contributed by atoms with van der Waals surface area (Å²) in [7, 11) is 1.70. The molecule has 0 saturated heterocycles. The molecule has 0 saturated carbocycles. The zero-order valence-electron chi connectivity index (χ0n) is 9.60. The van der Waals surface area contributed by atoms with Crippen LogP contribution in [0.25, 0.3) is 0 Å². The molecule has 1 atom stereocenters. The van der Waals surface area contributed by atoms with E-state index in [-0.39, 0.29) is 6.10 Å². The Labute approximate surface area is 102 Å². The zero-order chi connectivity index (χ0) is 12.0. The van der Waals surface area contributed by atoms with Crippen molar-refractivity contribution in [3.63, 3.8) is 0 Å². The van der Waals surface area contributed by atoms with Crippen molar-refractivity contribution in [1.29, 1.82) is 0 Å². The third-order valence-corrected chi connectivity index (χ3v) is 2.56. The Hall–Kier alpha value is -1.13. The minimum atomic E-state index is -0.236. The lowest BCUT2D eigenvalue weighted by Crippen LogP contribution is -2.28. The van der Waals surface area contributed by atoms with E-state index in [1.165, 1.54) is 5.56 Å². The first-order chi connectivity index (χ1) is 7.63. The van der Waals surface area contributed by atoms with Gasteiger partial charge in [0.25, 0.3) is 0 Å². The molecule has 0 heterocycles. The highest BCUT2D eigenvalue weighted by Crippen LogP contribution is 2.14. The van der Waals surface area contributed by atoms with Gasteiger partial charge in [-0.3, -0.25) is 0 Å². The van der Waals surface area contributed by atoms with Gasteiger partial charge in [0.05, 0.1) is 6.61 Å². The lowest BCUT2D eigenvalue weighted by molar-refractivity contribution is 0.202. The third kappa shape index (κ3) is 4.16. The summed E-state index contributed by atoms with van der Waals surface area (Å²) in [5.74, 6) is 0.779. The van der Waals surface area contributed by atoms with Gasteiger partial charge in [-0.15, -0.1) is 0 Å². The van der Waals surface area contributed by atoms with Crippen molar-refractivity contribution in [2.24, 2.45) is 5.73 Å². The molecule has 4 heteroatoms. The van der Waals surface area contributed by atoms with Gasteiger partial charge in [0, 0.05) is 7.11 Å². The van der Waals surface area contributed by atoms with Gasteiger partial charge in [-0.25, -0.2) is 0 Å². The molecule has 88 valence electrons. The molecule has 0 aliphatic rings. The second-order valence-electron chi connectivity index (χ2n) is 3.55. The number of hydrogen-bond acceptors (Lipinski definition) is 3. The summed E-state index contributed by atoms with van der Waals surface area (Å²) in [6.45, 7) is 2.56. The Kier molecular flexibility index (Phi) is 5.22. The molecule has 3 nitrogen and oxygen atoms in total. The van der Waals surface area contributed by atoms with Gasteiger partial charge in [0.15, 0.2) is 0 Å². The van der Waals surface area contributed by atoms with Crippen LogP contribution in [-0.2, 0) is 11.2 Å². The van der Waals surface area contributed by atoms with Gasteiger partial charge in [0.2, 0.25) is 0 Å². The van der Waals surface area contributed by atoms with E-state index in [1.807, 2.05) is 31.2 Å². The van der Waals surface area contributed by atoms with E-state index in [1.54, 1.807) is 7.11 Å². The fourth-order valence-corrected chi connectivity index (χ4v) is 1.26.